The normalized spacial score (nSPS) is 50.4. The van der Waals surface area contributed by atoms with Crippen molar-refractivity contribution in [3.8, 4) is 0 Å². The third-order valence-corrected chi connectivity index (χ3v) is 16.0. The Kier molecular flexibility index (Phi) is 10.1. The molecule has 282 valence electrons. The van der Waals surface area contributed by atoms with Gasteiger partial charge in [0.25, 0.3) is 0 Å². The molecule has 2 saturated heterocycles. The van der Waals surface area contributed by atoms with Gasteiger partial charge in [-0.15, -0.1) is 0 Å². The van der Waals surface area contributed by atoms with E-state index in [2.05, 4.69) is 38.2 Å². The summed E-state index contributed by atoms with van der Waals surface area (Å²) in [5.74, 6) is -0.161. The molecular formula is C41H66N2O7. The topological polar surface area (TPSA) is 166 Å². The van der Waals surface area contributed by atoms with Crippen molar-refractivity contribution in [1.82, 2.24) is 5.32 Å². The zero-order valence-corrected chi connectivity index (χ0v) is 31.0. The number of ketones is 1. The molecule has 17 unspecified atom stereocenters. The van der Waals surface area contributed by atoms with Crippen LogP contribution < -0.4 is 11.1 Å². The van der Waals surface area contributed by atoms with Gasteiger partial charge in [-0.05, 0) is 130 Å². The van der Waals surface area contributed by atoms with E-state index in [4.69, 9.17) is 10.5 Å². The molecule has 3 saturated carbocycles. The second-order valence-electron chi connectivity index (χ2n) is 18.6. The van der Waals surface area contributed by atoms with Crippen molar-refractivity contribution in [2.24, 2.45) is 63.9 Å². The van der Waals surface area contributed by atoms with Crippen LogP contribution in [0.25, 0.3) is 0 Å². The van der Waals surface area contributed by atoms with Crippen LogP contribution in [-0.4, -0.2) is 86.3 Å². The second kappa shape index (κ2) is 13.6. The summed E-state index contributed by atoms with van der Waals surface area (Å²) in [6.45, 7) is 9.56. The van der Waals surface area contributed by atoms with Gasteiger partial charge in [-0.2, -0.15) is 0 Å². The number of carbonyl (C=O) groups excluding carboxylic acids is 1. The maximum atomic E-state index is 14.3. The maximum Gasteiger partial charge on any atom is 0.159 e. The molecule has 2 aliphatic heterocycles. The number of nitrogens with two attached hydrogens (primary N) is 1. The summed E-state index contributed by atoms with van der Waals surface area (Å²) in [5.41, 5.74) is 2.65. The van der Waals surface area contributed by atoms with Crippen molar-refractivity contribution in [3.63, 3.8) is 0 Å². The van der Waals surface area contributed by atoms with E-state index in [1.165, 1.54) is 19.3 Å². The molecule has 0 amide bonds. The highest BCUT2D eigenvalue weighted by Crippen LogP contribution is 2.72. The Balaban J connectivity index is 1.22. The number of piperidine rings is 1. The van der Waals surface area contributed by atoms with E-state index < -0.39 is 58.3 Å². The highest BCUT2D eigenvalue weighted by molar-refractivity contribution is 5.95. The molecule has 7 rings (SSSR count). The van der Waals surface area contributed by atoms with Crippen molar-refractivity contribution in [2.75, 3.05) is 13.2 Å². The summed E-state index contributed by atoms with van der Waals surface area (Å²) in [7, 11) is 0. The average molecular weight is 699 g/mol. The molecule has 1 spiro atoms. The Labute approximate surface area is 299 Å². The monoisotopic (exact) mass is 698 g/mol. The lowest BCUT2D eigenvalue weighted by Crippen LogP contribution is -2.66. The molecule has 0 aromatic heterocycles. The van der Waals surface area contributed by atoms with Gasteiger partial charge in [0.1, 0.15) is 6.10 Å². The molecule has 17 atom stereocenters. The fourth-order valence-corrected chi connectivity index (χ4v) is 13.1. The number of hydrogen-bond acceptors (Lipinski definition) is 9. The van der Waals surface area contributed by atoms with Crippen LogP contribution in [0.5, 0.6) is 0 Å². The molecule has 0 aromatic carbocycles. The number of fused-ring (bicyclic) bond motifs is 2. The summed E-state index contributed by atoms with van der Waals surface area (Å²) in [6.07, 6.45) is 13.3. The molecule has 5 aliphatic carbocycles. The van der Waals surface area contributed by atoms with Crippen LogP contribution in [0.3, 0.4) is 0 Å². The highest BCUT2D eigenvalue weighted by atomic mass is 16.5. The Hall–Kier alpha value is -1.17. The predicted octanol–water partition coefficient (Wildman–Crippen LogP) is 3.99. The lowest BCUT2D eigenvalue weighted by atomic mass is 9.42. The van der Waals surface area contributed by atoms with Crippen LogP contribution in [0.2, 0.25) is 0 Å². The summed E-state index contributed by atoms with van der Waals surface area (Å²) in [4.78, 5) is 14.3. The minimum absolute atomic E-state index is 0.0186. The van der Waals surface area contributed by atoms with Crippen molar-refractivity contribution in [2.45, 2.75) is 153 Å². The van der Waals surface area contributed by atoms with Gasteiger partial charge >= 0.3 is 0 Å². The number of unbranched alkanes of at least 4 members (excludes halogenated alkanes) is 3. The second-order valence-corrected chi connectivity index (χ2v) is 18.6. The van der Waals surface area contributed by atoms with E-state index in [9.17, 15) is 30.3 Å². The van der Waals surface area contributed by atoms with E-state index in [0.29, 0.717) is 50.5 Å². The van der Waals surface area contributed by atoms with Crippen LogP contribution >= 0.6 is 0 Å². The molecule has 2 heterocycles. The predicted molar refractivity (Wildman–Crippen MR) is 191 cm³/mol. The maximum absolute atomic E-state index is 14.3. The first-order chi connectivity index (χ1) is 23.7. The van der Waals surface area contributed by atoms with E-state index in [0.717, 1.165) is 37.8 Å². The lowest BCUT2D eigenvalue weighted by molar-refractivity contribution is -0.201. The van der Waals surface area contributed by atoms with Crippen LogP contribution in [0.15, 0.2) is 23.8 Å². The number of carbonyl (C=O) groups is 1. The summed E-state index contributed by atoms with van der Waals surface area (Å²) < 4.78 is 6.27. The first-order valence-electron chi connectivity index (χ1n) is 20.2. The number of rotatable bonds is 9. The molecule has 5 fully saturated rings. The molecule has 9 heteroatoms. The van der Waals surface area contributed by atoms with Gasteiger partial charge in [-0.3, -0.25) is 4.79 Å². The largest absolute Gasteiger partial charge is 0.390 e. The van der Waals surface area contributed by atoms with Gasteiger partial charge in [-0.1, -0.05) is 58.6 Å². The molecule has 0 bridgehead atoms. The van der Waals surface area contributed by atoms with E-state index in [1.54, 1.807) is 13.0 Å². The van der Waals surface area contributed by atoms with Crippen LogP contribution in [0.4, 0.5) is 0 Å². The van der Waals surface area contributed by atoms with Gasteiger partial charge in [-0.25, -0.2) is 0 Å². The number of aliphatic hydroxyl groups excluding tert-OH is 3. The number of ether oxygens (including phenoxy) is 1. The third kappa shape index (κ3) is 5.75. The van der Waals surface area contributed by atoms with Gasteiger partial charge in [0.05, 0.1) is 42.3 Å². The molecule has 50 heavy (non-hydrogen) atoms. The summed E-state index contributed by atoms with van der Waals surface area (Å²) in [5, 5.41) is 63.2. The van der Waals surface area contributed by atoms with Crippen molar-refractivity contribution in [3.05, 3.63) is 23.8 Å². The Morgan fingerprint density at radius 3 is 2.56 bits per heavy atom. The fraction of sp³-hybridized carbons (Fsp3) is 0.878. The van der Waals surface area contributed by atoms with Crippen LogP contribution in [0.1, 0.15) is 111 Å². The molecule has 7 aliphatic rings. The van der Waals surface area contributed by atoms with Gasteiger partial charge in [0.2, 0.25) is 0 Å². The SMILES string of the molecule is CCCCCCC1COC(C(O)C(C)(O)C2CCC3(O)C4=CC(=O)C5CC(O)C(O)CC56CC(C5CCC(N)NC5)C=CC(CC23C)C46)C1C. The van der Waals surface area contributed by atoms with Crippen LogP contribution in [-0.2, 0) is 9.53 Å². The Morgan fingerprint density at radius 2 is 1.84 bits per heavy atom. The Morgan fingerprint density at radius 1 is 1.08 bits per heavy atom. The van der Waals surface area contributed by atoms with Gasteiger partial charge in [0.15, 0.2) is 5.78 Å². The molecule has 8 N–H and O–H groups in total. The fourth-order valence-electron chi connectivity index (χ4n) is 13.1. The minimum atomic E-state index is -1.53. The summed E-state index contributed by atoms with van der Waals surface area (Å²) in [6, 6.07) is 0. The van der Waals surface area contributed by atoms with Crippen molar-refractivity contribution >= 4 is 5.78 Å². The van der Waals surface area contributed by atoms with E-state index in [-0.39, 0.29) is 42.0 Å². The molecule has 9 nitrogen and oxygen atoms in total. The Bertz CT molecular complexity index is 1330. The molecule has 0 aromatic rings. The average Bonchev–Trinajstić information content (AvgIpc) is 3.52. The first kappa shape index (κ1) is 37.2. The number of nitrogens with one attached hydrogen (secondary N) is 1. The first-order valence-corrected chi connectivity index (χ1v) is 20.2. The van der Waals surface area contributed by atoms with Crippen LogP contribution in [0, 0.1) is 58.2 Å². The lowest BCUT2D eigenvalue weighted by Gasteiger charge is -2.63. The van der Waals surface area contributed by atoms with Crippen molar-refractivity contribution in [1.29, 1.82) is 0 Å². The minimum Gasteiger partial charge on any atom is -0.390 e. The van der Waals surface area contributed by atoms with Crippen molar-refractivity contribution < 1.29 is 35.1 Å². The molecule has 0 radical (unpaired) electrons. The van der Waals surface area contributed by atoms with E-state index >= 15 is 0 Å². The smallest absolute Gasteiger partial charge is 0.159 e. The highest BCUT2D eigenvalue weighted by Gasteiger charge is 2.72. The third-order valence-electron chi connectivity index (χ3n) is 16.0. The van der Waals surface area contributed by atoms with Gasteiger partial charge < -0.3 is 41.3 Å². The zero-order valence-electron chi connectivity index (χ0n) is 31.0. The van der Waals surface area contributed by atoms with Gasteiger partial charge in [0, 0.05) is 11.3 Å². The summed E-state index contributed by atoms with van der Waals surface area (Å²) >= 11 is 0. The standard InChI is InChI=1S/C41H66N2O7/c1-5-6-7-8-9-27-22-50-36(23(27)2)37(47)39(4,48)33-14-15-41(49)29-17-30(44)28-16-31(45)32(46)20-40(28)19-24(26-12-13-34(42)43-21-26)10-11-25(35(29)40)18-38(33,41)3/h10-11,17,23-28,31-37,43,45-49H,5-9,12-16,18-22,42H2,1-4H3. The van der Waals surface area contributed by atoms with E-state index in [1.807, 2.05) is 0 Å². The zero-order chi connectivity index (χ0) is 35.8. The number of allylic oxidation sites excluding steroid dienone is 3. The quantitative estimate of drug-likeness (QED) is 0.139. The molecular weight excluding hydrogens is 632 g/mol. The number of aliphatic hydroxyl groups is 5. The number of hydrogen-bond donors (Lipinski definition) is 7.